The molecular weight excluding hydrogens is 248 g/mol. The summed E-state index contributed by atoms with van der Waals surface area (Å²) in [6.45, 7) is 0.900. The van der Waals surface area contributed by atoms with Crippen LogP contribution in [0, 0.1) is 0 Å². The van der Waals surface area contributed by atoms with Gasteiger partial charge in [0, 0.05) is 19.8 Å². The highest BCUT2D eigenvalue weighted by Crippen LogP contribution is 2.18. The fourth-order valence-electron chi connectivity index (χ4n) is 2.34. The third-order valence-corrected chi connectivity index (χ3v) is 3.42. The van der Waals surface area contributed by atoms with Gasteiger partial charge < -0.3 is 9.88 Å². The van der Waals surface area contributed by atoms with Crippen LogP contribution in [-0.2, 0) is 13.5 Å². The van der Waals surface area contributed by atoms with E-state index in [1.165, 1.54) is 5.56 Å². The molecule has 4 nitrogen and oxygen atoms in total. The van der Waals surface area contributed by atoms with Crippen LogP contribution < -0.4 is 5.32 Å². The second kappa shape index (κ2) is 5.74. The van der Waals surface area contributed by atoms with E-state index in [1.54, 1.807) is 0 Å². The number of pyridine rings is 1. The number of nitrogens with one attached hydrogen (secondary N) is 1. The van der Waals surface area contributed by atoms with Crippen LogP contribution in [0.4, 0.5) is 5.82 Å². The zero-order valence-corrected chi connectivity index (χ0v) is 11.6. The zero-order chi connectivity index (χ0) is 13.8. The molecule has 20 heavy (non-hydrogen) atoms. The SMILES string of the molecule is Cn1cnc2c(NCCCc3ccccc3)nccc21. The van der Waals surface area contributed by atoms with Gasteiger partial charge in [0.15, 0.2) is 5.82 Å². The molecule has 1 aromatic carbocycles. The van der Waals surface area contributed by atoms with Crippen LogP contribution in [0.3, 0.4) is 0 Å². The van der Waals surface area contributed by atoms with Crippen LogP contribution in [-0.4, -0.2) is 21.1 Å². The van der Waals surface area contributed by atoms with Crippen LogP contribution in [0.2, 0.25) is 0 Å². The van der Waals surface area contributed by atoms with Crippen molar-refractivity contribution >= 4 is 16.9 Å². The number of hydrogen-bond donors (Lipinski definition) is 1. The van der Waals surface area contributed by atoms with E-state index in [2.05, 4.69) is 39.6 Å². The zero-order valence-electron chi connectivity index (χ0n) is 11.6. The summed E-state index contributed by atoms with van der Waals surface area (Å²) in [7, 11) is 1.99. The van der Waals surface area contributed by atoms with Crippen molar-refractivity contribution in [3.05, 3.63) is 54.5 Å². The van der Waals surface area contributed by atoms with Crippen molar-refractivity contribution in [1.82, 2.24) is 14.5 Å². The van der Waals surface area contributed by atoms with E-state index in [1.807, 2.05) is 36.3 Å². The molecule has 102 valence electrons. The summed E-state index contributed by atoms with van der Waals surface area (Å²) < 4.78 is 2.01. The third-order valence-electron chi connectivity index (χ3n) is 3.42. The molecule has 0 saturated carbocycles. The highest BCUT2D eigenvalue weighted by Gasteiger charge is 2.05. The lowest BCUT2D eigenvalue weighted by atomic mass is 10.1. The maximum Gasteiger partial charge on any atom is 0.154 e. The molecule has 0 saturated heterocycles. The molecule has 1 N–H and O–H groups in total. The number of fused-ring (bicyclic) bond motifs is 1. The molecule has 3 aromatic rings. The first-order valence-electron chi connectivity index (χ1n) is 6.88. The number of anilines is 1. The molecule has 4 heteroatoms. The highest BCUT2D eigenvalue weighted by molar-refractivity contribution is 5.85. The van der Waals surface area contributed by atoms with Gasteiger partial charge in [-0.3, -0.25) is 0 Å². The third kappa shape index (κ3) is 2.64. The van der Waals surface area contributed by atoms with E-state index >= 15 is 0 Å². The number of aromatic nitrogens is 3. The summed E-state index contributed by atoms with van der Waals surface area (Å²) in [5.41, 5.74) is 3.42. The Morgan fingerprint density at radius 3 is 2.80 bits per heavy atom. The fourth-order valence-corrected chi connectivity index (χ4v) is 2.34. The Bertz CT molecular complexity index is 688. The first kappa shape index (κ1) is 12.7. The fraction of sp³-hybridized carbons (Fsp3) is 0.250. The van der Waals surface area contributed by atoms with Crippen LogP contribution in [0.15, 0.2) is 48.9 Å². The first-order chi connectivity index (χ1) is 9.84. The molecule has 0 bridgehead atoms. The molecule has 2 heterocycles. The molecule has 0 radical (unpaired) electrons. The molecule has 0 aliphatic carbocycles. The second-order valence-electron chi connectivity index (χ2n) is 4.90. The predicted molar refractivity (Wildman–Crippen MR) is 81.8 cm³/mol. The molecule has 0 amide bonds. The minimum absolute atomic E-state index is 0.871. The quantitative estimate of drug-likeness (QED) is 0.722. The summed E-state index contributed by atoms with van der Waals surface area (Å²) >= 11 is 0. The van der Waals surface area contributed by atoms with Crippen LogP contribution in [0.1, 0.15) is 12.0 Å². The molecule has 0 aliphatic rings. The van der Waals surface area contributed by atoms with E-state index in [9.17, 15) is 0 Å². The second-order valence-corrected chi connectivity index (χ2v) is 4.90. The van der Waals surface area contributed by atoms with Crippen molar-refractivity contribution in [2.24, 2.45) is 7.05 Å². The van der Waals surface area contributed by atoms with Crippen molar-refractivity contribution in [2.75, 3.05) is 11.9 Å². The van der Waals surface area contributed by atoms with Gasteiger partial charge in [-0.15, -0.1) is 0 Å². The monoisotopic (exact) mass is 266 g/mol. The lowest BCUT2D eigenvalue weighted by molar-refractivity contribution is 0.860. The van der Waals surface area contributed by atoms with E-state index in [0.717, 1.165) is 36.2 Å². The molecule has 0 fully saturated rings. The number of benzene rings is 1. The lowest BCUT2D eigenvalue weighted by Gasteiger charge is -2.06. The van der Waals surface area contributed by atoms with Gasteiger partial charge in [-0.2, -0.15) is 0 Å². The molecule has 3 rings (SSSR count). The maximum absolute atomic E-state index is 4.39. The van der Waals surface area contributed by atoms with Gasteiger partial charge in [-0.1, -0.05) is 30.3 Å². The maximum atomic E-state index is 4.39. The van der Waals surface area contributed by atoms with E-state index in [4.69, 9.17) is 0 Å². The van der Waals surface area contributed by atoms with E-state index < -0.39 is 0 Å². The minimum atomic E-state index is 0.871. The Morgan fingerprint density at radius 1 is 1.10 bits per heavy atom. The number of rotatable bonds is 5. The molecule has 0 spiro atoms. The Hall–Kier alpha value is -2.36. The lowest BCUT2D eigenvalue weighted by Crippen LogP contribution is -2.05. The van der Waals surface area contributed by atoms with E-state index in [0.29, 0.717) is 0 Å². The van der Waals surface area contributed by atoms with Crippen molar-refractivity contribution in [3.63, 3.8) is 0 Å². The molecular formula is C16H18N4. The predicted octanol–water partition coefficient (Wildman–Crippen LogP) is 3.01. The van der Waals surface area contributed by atoms with Crippen molar-refractivity contribution in [3.8, 4) is 0 Å². The average Bonchev–Trinajstić information content (AvgIpc) is 2.87. The van der Waals surface area contributed by atoms with E-state index in [-0.39, 0.29) is 0 Å². The molecule has 0 unspecified atom stereocenters. The van der Waals surface area contributed by atoms with Gasteiger partial charge >= 0.3 is 0 Å². The van der Waals surface area contributed by atoms with Crippen LogP contribution >= 0.6 is 0 Å². The van der Waals surface area contributed by atoms with Gasteiger partial charge in [0.05, 0.1) is 11.8 Å². The van der Waals surface area contributed by atoms with Gasteiger partial charge in [0.25, 0.3) is 0 Å². The van der Waals surface area contributed by atoms with Crippen LogP contribution in [0.25, 0.3) is 11.0 Å². The Labute approximate surface area is 118 Å². The van der Waals surface area contributed by atoms with Gasteiger partial charge in [-0.25, -0.2) is 9.97 Å². The molecule has 0 aliphatic heterocycles. The summed E-state index contributed by atoms with van der Waals surface area (Å²) in [5.74, 6) is 0.871. The number of nitrogens with zero attached hydrogens (tertiary/aromatic N) is 3. The summed E-state index contributed by atoms with van der Waals surface area (Å²) in [6, 6.07) is 12.5. The van der Waals surface area contributed by atoms with Crippen molar-refractivity contribution in [1.29, 1.82) is 0 Å². The molecule has 2 aromatic heterocycles. The topological polar surface area (TPSA) is 42.7 Å². The van der Waals surface area contributed by atoms with Gasteiger partial charge in [0.1, 0.15) is 5.52 Å². The average molecular weight is 266 g/mol. The van der Waals surface area contributed by atoms with Crippen molar-refractivity contribution < 1.29 is 0 Å². The minimum Gasteiger partial charge on any atom is -0.368 e. The van der Waals surface area contributed by atoms with Gasteiger partial charge in [-0.05, 0) is 24.5 Å². The van der Waals surface area contributed by atoms with Crippen LogP contribution in [0.5, 0.6) is 0 Å². The first-order valence-corrected chi connectivity index (χ1v) is 6.88. The highest BCUT2D eigenvalue weighted by atomic mass is 15.1. The molecule has 0 atom stereocenters. The largest absolute Gasteiger partial charge is 0.368 e. The number of aryl methyl sites for hydroxylation is 2. The Balaban J connectivity index is 1.60. The summed E-state index contributed by atoms with van der Waals surface area (Å²) in [6.07, 6.45) is 5.80. The van der Waals surface area contributed by atoms with Gasteiger partial charge in [0.2, 0.25) is 0 Å². The number of hydrogen-bond acceptors (Lipinski definition) is 3. The summed E-state index contributed by atoms with van der Waals surface area (Å²) in [5, 5.41) is 3.38. The standard InChI is InChI=1S/C16H18N4/c1-20-12-19-15-14(20)9-11-18-16(15)17-10-5-8-13-6-3-2-4-7-13/h2-4,6-7,9,11-12H,5,8,10H2,1H3,(H,17,18). The summed E-state index contributed by atoms with van der Waals surface area (Å²) in [4.78, 5) is 8.77. The normalized spacial score (nSPS) is 10.8. The van der Waals surface area contributed by atoms with Crippen molar-refractivity contribution in [2.45, 2.75) is 12.8 Å². The Kier molecular flexibility index (Phi) is 3.63. The number of imidazole rings is 1. The smallest absolute Gasteiger partial charge is 0.154 e. The Morgan fingerprint density at radius 2 is 1.95 bits per heavy atom.